The van der Waals surface area contributed by atoms with Gasteiger partial charge in [-0.1, -0.05) is 30.3 Å². The molecule has 24 heavy (non-hydrogen) atoms. The van der Waals surface area contributed by atoms with Crippen molar-refractivity contribution in [3.05, 3.63) is 59.3 Å². The quantitative estimate of drug-likeness (QED) is 0.755. The molecule has 0 atom stereocenters. The van der Waals surface area contributed by atoms with Gasteiger partial charge in [-0.3, -0.25) is 0 Å². The zero-order valence-corrected chi connectivity index (χ0v) is 15.0. The fourth-order valence-corrected chi connectivity index (χ4v) is 4.15. The molecule has 9 heteroatoms. The third-order valence-electron chi connectivity index (χ3n) is 3.44. The van der Waals surface area contributed by atoms with Crippen LogP contribution in [0.3, 0.4) is 0 Å². The van der Waals surface area contributed by atoms with Gasteiger partial charge in [-0.15, -0.1) is 0 Å². The highest BCUT2D eigenvalue weighted by atomic mass is 32.2. The topological polar surface area (TPSA) is 105 Å². The molecule has 1 heterocycles. The van der Waals surface area contributed by atoms with Crippen molar-refractivity contribution >= 4 is 20.0 Å². The van der Waals surface area contributed by atoms with Gasteiger partial charge in [0.05, 0.1) is 5.75 Å². The summed E-state index contributed by atoms with van der Waals surface area (Å²) in [6, 6.07) is 10.1. The molecule has 2 aromatic rings. The second-order valence-electron chi connectivity index (χ2n) is 5.18. The molecule has 0 radical (unpaired) electrons. The summed E-state index contributed by atoms with van der Waals surface area (Å²) in [5, 5.41) is -0.0367. The summed E-state index contributed by atoms with van der Waals surface area (Å²) in [5.74, 6) is -0.218. The van der Waals surface area contributed by atoms with Crippen LogP contribution >= 0.6 is 0 Å². The Balaban J connectivity index is 2.23. The van der Waals surface area contributed by atoms with Gasteiger partial charge in [0.1, 0.15) is 0 Å². The molecule has 0 bridgehead atoms. The minimum Gasteiger partial charge on any atom is -0.243 e. The lowest BCUT2D eigenvalue weighted by Crippen LogP contribution is -2.26. The molecule has 0 saturated carbocycles. The van der Waals surface area contributed by atoms with E-state index in [1.165, 1.54) is 13.2 Å². The second kappa shape index (κ2) is 7.39. The van der Waals surface area contributed by atoms with Crippen LogP contribution in [0.1, 0.15) is 16.7 Å². The number of nitrogens with one attached hydrogen (secondary N) is 2. The van der Waals surface area contributed by atoms with Crippen LogP contribution in [0.15, 0.2) is 47.6 Å². The van der Waals surface area contributed by atoms with Crippen molar-refractivity contribution in [3.8, 4) is 0 Å². The zero-order valence-electron chi connectivity index (χ0n) is 13.4. The van der Waals surface area contributed by atoms with Crippen molar-refractivity contribution in [2.45, 2.75) is 24.2 Å². The Morgan fingerprint density at radius 3 is 2.29 bits per heavy atom. The Morgan fingerprint density at radius 1 is 1.00 bits per heavy atom. The van der Waals surface area contributed by atoms with Crippen molar-refractivity contribution in [2.24, 2.45) is 0 Å². The summed E-state index contributed by atoms with van der Waals surface area (Å²) in [6.45, 7) is 1.64. The second-order valence-corrected chi connectivity index (χ2v) is 8.79. The van der Waals surface area contributed by atoms with Crippen molar-refractivity contribution in [1.82, 2.24) is 14.4 Å². The van der Waals surface area contributed by atoms with Gasteiger partial charge in [-0.2, -0.15) is 0 Å². The average molecular weight is 369 g/mol. The molecule has 130 valence electrons. The third-order valence-corrected chi connectivity index (χ3v) is 6.22. The molecular weight excluding hydrogens is 350 g/mol. The molecule has 1 aromatic carbocycles. The van der Waals surface area contributed by atoms with Gasteiger partial charge in [0.25, 0.3) is 10.0 Å². The minimum atomic E-state index is -3.78. The van der Waals surface area contributed by atoms with Gasteiger partial charge in [-0.05, 0) is 36.7 Å². The lowest BCUT2D eigenvalue weighted by Gasteiger charge is -2.12. The van der Waals surface area contributed by atoms with Gasteiger partial charge in [0, 0.05) is 12.7 Å². The molecule has 0 aliphatic carbocycles. The van der Waals surface area contributed by atoms with Gasteiger partial charge < -0.3 is 0 Å². The van der Waals surface area contributed by atoms with Crippen molar-refractivity contribution in [1.29, 1.82) is 0 Å². The number of hydrogen-bond donors (Lipinski definition) is 2. The Morgan fingerprint density at radius 2 is 1.67 bits per heavy atom. The van der Waals surface area contributed by atoms with E-state index in [1.54, 1.807) is 43.3 Å². The smallest absolute Gasteiger partial charge is 0.243 e. The minimum absolute atomic E-state index is 0.0201. The molecule has 2 N–H and O–H groups in total. The number of sulfonamides is 2. The molecule has 0 amide bonds. The first-order valence-corrected chi connectivity index (χ1v) is 10.3. The van der Waals surface area contributed by atoms with E-state index >= 15 is 0 Å². The van der Waals surface area contributed by atoms with Gasteiger partial charge in [0.2, 0.25) is 10.0 Å². The highest BCUT2D eigenvalue weighted by Gasteiger charge is 2.19. The normalized spacial score (nSPS) is 12.2. The molecule has 0 aliphatic heterocycles. The average Bonchev–Trinajstić information content (AvgIpc) is 2.54. The monoisotopic (exact) mass is 369 g/mol. The maximum Gasteiger partial charge on any atom is 0.258 e. The first-order chi connectivity index (χ1) is 11.2. The van der Waals surface area contributed by atoms with Crippen LogP contribution in [-0.2, 0) is 32.3 Å². The van der Waals surface area contributed by atoms with Crippen LogP contribution in [-0.4, -0.2) is 28.9 Å². The molecule has 1 aromatic heterocycles. The number of hydrogen-bond acceptors (Lipinski definition) is 5. The van der Waals surface area contributed by atoms with Crippen LogP contribution in [0, 0.1) is 6.92 Å². The van der Waals surface area contributed by atoms with E-state index in [-0.39, 0.29) is 17.3 Å². The van der Waals surface area contributed by atoms with E-state index in [0.29, 0.717) is 16.7 Å². The Hall–Kier alpha value is -1.81. The summed E-state index contributed by atoms with van der Waals surface area (Å²) in [4.78, 5) is 3.90. The zero-order chi connectivity index (χ0) is 17.8. The van der Waals surface area contributed by atoms with Crippen LogP contribution in [0.25, 0.3) is 0 Å². The first-order valence-electron chi connectivity index (χ1n) is 7.14. The Kier molecular flexibility index (Phi) is 5.70. The van der Waals surface area contributed by atoms with Crippen molar-refractivity contribution < 1.29 is 16.8 Å². The van der Waals surface area contributed by atoms with E-state index in [1.807, 2.05) is 0 Å². The maximum absolute atomic E-state index is 12.4. The van der Waals surface area contributed by atoms with Crippen LogP contribution < -0.4 is 9.44 Å². The van der Waals surface area contributed by atoms with Crippen molar-refractivity contribution in [3.63, 3.8) is 0 Å². The van der Waals surface area contributed by atoms with Crippen LogP contribution in [0.4, 0.5) is 0 Å². The number of nitrogens with zero attached hydrogens (tertiary/aromatic N) is 1. The predicted octanol–water partition coefficient (Wildman–Crippen LogP) is 0.918. The molecule has 0 spiro atoms. The molecule has 7 nitrogen and oxygen atoms in total. The Labute approximate surface area is 142 Å². The standard InChI is InChI=1S/C15H19N3O4S2/c1-12-6-5-9-17-15(12)24(21,22)18-10-13-7-3-4-8-14(13)11-23(19,20)16-2/h3-9,16,18H,10-11H2,1-2H3. The predicted molar refractivity (Wildman–Crippen MR) is 91.1 cm³/mol. The summed E-state index contributed by atoms with van der Waals surface area (Å²) >= 11 is 0. The highest BCUT2D eigenvalue weighted by Crippen LogP contribution is 2.15. The lowest BCUT2D eigenvalue weighted by atomic mass is 10.1. The van der Waals surface area contributed by atoms with Crippen molar-refractivity contribution in [2.75, 3.05) is 7.05 Å². The molecule has 0 aliphatic rings. The number of pyridine rings is 1. The number of rotatable bonds is 7. The highest BCUT2D eigenvalue weighted by molar-refractivity contribution is 7.89. The van der Waals surface area contributed by atoms with E-state index in [0.717, 1.165) is 0 Å². The van der Waals surface area contributed by atoms with Gasteiger partial charge >= 0.3 is 0 Å². The number of aryl methyl sites for hydroxylation is 1. The van der Waals surface area contributed by atoms with E-state index in [9.17, 15) is 16.8 Å². The third kappa shape index (κ3) is 4.60. The first kappa shape index (κ1) is 18.5. The largest absolute Gasteiger partial charge is 0.258 e. The summed E-state index contributed by atoms with van der Waals surface area (Å²) in [6.07, 6.45) is 1.41. The van der Waals surface area contributed by atoms with Crippen LogP contribution in [0.5, 0.6) is 0 Å². The van der Waals surface area contributed by atoms with E-state index < -0.39 is 20.0 Å². The molecule has 0 saturated heterocycles. The SMILES string of the molecule is CNS(=O)(=O)Cc1ccccc1CNS(=O)(=O)c1ncccc1C. The Bertz CT molecular complexity index is 925. The van der Waals surface area contributed by atoms with E-state index in [4.69, 9.17) is 0 Å². The fourth-order valence-electron chi connectivity index (χ4n) is 2.14. The molecule has 0 fully saturated rings. The number of benzene rings is 1. The number of aromatic nitrogens is 1. The van der Waals surface area contributed by atoms with Crippen LogP contribution in [0.2, 0.25) is 0 Å². The summed E-state index contributed by atoms with van der Waals surface area (Å²) in [7, 11) is -5.89. The summed E-state index contributed by atoms with van der Waals surface area (Å²) in [5.41, 5.74) is 1.66. The van der Waals surface area contributed by atoms with Gasteiger partial charge in [0.15, 0.2) is 5.03 Å². The van der Waals surface area contributed by atoms with Gasteiger partial charge in [-0.25, -0.2) is 31.3 Å². The molecule has 2 rings (SSSR count). The maximum atomic E-state index is 12.4. The lowest BCUT2D eigenvalue weighted by molar-refractivity contribution is 0.576. The fraction of sp³-hybridized carbons (Fsp3) is 0.267. The van der Waals surface area contributed by atoms with E-state index in [2.05, 4.69) is 14.4 Å². The molecular formula is C15H19N3O4S2. The molecule has 0 unspecified atom stereocenters. The summed E-state index contributed by atoms with van der Waals surface area (Å²) < 4.78 is 52.9.